The van der Waals surface area contributed by atoms with Crippen molar-refractivity contribution in [1.29, 1.82) is 0 Å². The molecule has 0 bridgehead atoms. The summed E-state index contributed by atoms with van der Waals surface area (Å²) < 4.78 is 1.89. The van der Waals surface area contributed by atoms with E-state index in [1.54, 1.807) is 18.3 Å². The summed E-state index contributed by atoms with van der Waals surface area (Å²) in [6, 6.07) is 20.7. The maximum Gasteiger partial charge on any atom is 0.269 e. The Morgan fingerprint density at radius 1 is 1.03 bits per heavy atom. The molecule has 6 rings (SSSR count). The van der Waals surface area contributed by atoms with Gasteiger partial charge in [0.25, 0.3) is 5.69 Å². The van der Waals surface area contributed by atoms with E-state index in [1.807, 2.05) is 41.1 Å². The van der Waals surface area contributed by atoms with Crippen LogP contribution in [0.5, 0.6) is 0 Å². The third-order valence-electron chi connectivity index (χ3n) is 6.65. The lowest BCUT2D eigenvalue weighted by molar-refractivity contribution is -0.384. The first-order chi connectivity index (χ1) is 17.7. The molecule has 0 fully saturated rings. The molecule has 0 atom stereocenters. The maximum absolute atomic E-state index is 11.1. The number of hydrogen-bond donors (Lipinski definition) is 1. The van der Waals surface area contributed by atoms with Crippen LogP contribution in [0.25, 0.3) is 33.6 Å². The zero-order valence-corrected chi connectivity index (χ0v) is 19.5. The first kappa shape index (κ1) is 21.9. The van der Waals surface area contributed by atoms with Crippen LogP contribution in [-0.4, -0.2) is 42.7 Å². The van der Waals surface area contributed by atoms with Crippen molar-refractivity contribution in [2.45, 2.75) is 13.0 Å². The molecule has 0 aliphatic carbocycles. The summed E-state index contributed by atoms with van der Waals surface area (Å²) in [5, 5.41) is 17.1. The summed E-state index contributed by atoms with van der Waals surface area (Å²) in [7, 11) is 0. The lowest BCUT2D eigenvalue weighted by Gasteiger charge is -2.26. The molecular weight excluding hydrogens is 452 g/mol. The van der Waals surface area contributed by atoms with Crippen molar-refractivity contribution in [3.63, 3.8) is 0 Å². The predicted octanol–water partition coefficient (Wildman–Crippen LogP) is 5.61. The van der Waals surface area contributed by atoms with Crippen LogP contribution in [0.1, 0.15) is 17.5 Å². The molecule has 0 spiro atoms. The molecule has 1 aliphatic heterocycles. The zero-order chi connectivity index (χ0) is 24.5. The van der Waals surface area contributed by atoms with E-state index in [2.05, 4.69) is 39.4 Å². The Morgan fingerprint density at radius 3 is 2.61 bits per heavy atom. The Labute approximate surface area is 207 Å². The molecule has 3 aromatic heterocycles. The molecule has 178 valence electrons. The van der Waals surface area contributed by atoms with Crippen LogP contribution < -0.4 is 0 Å². The Bertz CT molecular complexity index is 1570. The fourth-order valence-electron chi connectivity index (χ4n) is 4.78. The SMILES string of the molecule is O=[N+]([O-])c1ccc(-c2nn(-c3ccccc3)cc2CN2CC=C(c3c[nH]c4ncccc34)CC2)cc1. The van der Waals surface area contributed by atoms with E-state index in [1.165, 1.54) is 23.3 Å². The van der Waals surface area contributed by atoms with Gasteiger partial charge >= 0.3 is 0 Å². The fraction of sp³-hybridized carbons (Fsp3) is 0.143. The summed E-state index contributed by atoms with van der Waals surface area (Å²) in [5.74, 6) is 0. The lowest BCUT2D eigenvalue weighted by atomic mass is 9.99. The third-order valence-corrected chi connectivity index (χ3v) is 6.65. The summed E-state index contributed by atoms with van der Waals surface area (Å²) in [6.45, 7) is 2.49. The normalized spacial score (nSPS) is 14.2. The molecule has 0 amide bonds. The standard InChI is InChI=1S/C28H24N6O2/c35-34(36)24-10-8-21(9-11-24)27-22(19-33(31-27)23-5-2-1-3-6-23)18-32-15-12-20(13-16-32)26-17-30-28-25(26)7-4-14-29-28/h1-12,14,17,19H,13,15-16,18H2,(H,29,30). The van der Waals surface area contributed by atoms with Gasteiger partial charge in [-0.15, -0.1) is 0 Å². The number of nitro benzene ring substituents is 1. The molecule has 5 aromatic rings. The van der Waals surface area contributed by atoms with Crippen LogP contribution in [0.2, 0.25) is 0 Å². The molecule has 0 unspecified atom stereocenters. The Morgan fingerprint density at radius 2 is 1.86 bits per heavy atom. The number of aromatic nitrogens is 4. The van der Waals surface area contributed by atoms with Gasteiger partial charge in [0.2, 0.25) is 0 Å². The second-order valence-electron chi connectivity index (χ2n) is 8.90. The van der Waals surface area contributed by atoms with E-state index < -0.39 is 0 Å². The smallest absolute Gasteiger partial charge is 0.269 e. The third kappa shape index (κ3) is 4.18. The zero-order valence-electron chi connectivity index (χ0n) is 19.5. The average molecular weight is 477 g/mol. The van der Waals surface area contributed by atoms with Crippen LogP contribution in [0, 0.1) is 10.1 Å². The van der Waals surface area contributed by atoms with Gasteiger partial charge in [0.1, 0.15) is 5.65 Å². The van der Waals surface area contributed by atoms with Crippen LogP contribution in [0.15, 0.2) is 91.4 Å². The quantitative estimate of drug-likeness (QED) is 0.254. The van der Waals surface area contributed by atoms with Gasteiger partial charge in [-0.3, -0.25) is 15.0 Å². The van der Waals surface area contributed by atoms with Crippen molar-refractivity contribution in [2.75, 3.05) is 13.1 Å². The number of nitro groups is 1. The monoisotopic (exact) mass is 476 g/mol. The number of pyridine rings is 1. The number of para-hydroxylation sites is 1. The highest BCUT2D eigenvalue weighted by Crippen LogP contribution is 2.31. The van der Waals surface area contributed by atoms with Gasteiger partial charge in [-0.25, -0.2) is 9.67 Å². The van der Waals surface area contributed by atoms with E-state index in [0.29, 0.717) is 0 Å². The van der Waals surface area contributed by atoms with Crippen molar-refractivity contribution in [2.24, 2.45) is 0 Å². The van der Waals surface area contributed by atoms with E-state index in [9.17, 15) is 10.1 Å². The van der Waals surface area contributed by atoms with E-state index >= 15 is 0 Å². The first-order valence-corrected chi connectivity index (χ1v) is 11.9. The van der Waals surface area contributed by atoms with Crippen LogP contribution in [0.4, 0.5) is 5.69 Å². The number of rotatable bonds is 6. The number of hydrogen-bond acceptors (Lipinski definition) is 5. The molecule has 1 N–H and O–H groups in total. The Hall–Kier alpha value is -4.56. The van der Waals surface area contributed by atoms with Gasteiger partial charge in [0, 0.05) is 72.4 Å². The number of benzene rings is 2. The molecule has 4 heterocycles. The molecule has 8 heteroatoms. The number of nitrogens with one attached hydrogen (secondary N) is 1. The van der Waals surface area contributed by atoms with E-state index in [-0.39, 0.29) is 10.6 Å². The topological polar surface area (TPSA) is 92.9 Å². The minimum Gasteiger partial charge on any atom is -0.346 e. The van der Waals surface area contributed by atoms with Crippen molar-refractivity contribution >= 4 is 22.3 Å². The number of H-pyrrole nitrogens is 1. The second kappa shape index (κ2) is 9.24. The van der Waals surface area contributed by atoms with Crippen molar-refractivity contribution < 1.29 is 4.92 Å². The van der Waals surface area contributed by atoms with E-state index in [4.69, 9.17) is 5.10 Å². The minimum absolute atomic E-state index is 0.0731. The molecule has 8 nitrogen and oxygen atoms in total. The molecule has 1 aliphatic rings. The molecule has 0 saturated heterocycles. The molecule has 36 heavy (non-hydrogen) atoms. The number of aromatic amines is 1. The molecule has 0 saturated carbocycles. The van der Waals surface area contributed by atoms with Crippen molar-refractivity contribution in [3.05, 3.63) is 113 Å². The van der Waals surface area contributed by atoms with Crippen molar-refractivity contribution in [3.8, 4) is 16.9 Å². The summed E-state index contributed by atoms with van der Waals surface area (Å²) >= 11 is 0. The van der Waals surface area contributed by atoms with Crippen molar-refractivity contribution in [1.82, 2.24) is 24.6 Å². The van der Waals surface area contributed by atoms with Crippen LogP contribution in [-0.2, 0) is 6.54 Å². The first-order valence-electron chi connectivity index (χ1n) is 11.9. The second-order valence-corrected chi connectivity index (χ2v) is 8.90. The highest BCUT2D eigenvalue weighted by atomic mass is 16.6. The fourth-order valence-corrected chi connectivity index (χ4v) is 4.78. The number of non-ortho nitro benzene ring substituents is 1. The lowest BCUT2D eigenvalue weighted by Crippen LogP contribution is -2.28. The van der Waals surface area contributed by atoms with Gasteiger partial charge in [0.15, 0.2) is 0 Å². The number of fused-ring (bicyclic) bond motifs is 1. The highest BCUT2D eigenvalue weighted by Gasteiger charge is 2.20. The average Bonchev–Trinajstić information content (AvgIpc) is 3.54. The summed E-state index contributed by atoms with van der Waals surface area (Å²) in [5.41, 5.74) is 7.31. The van der Waals surface area contributed by atoms with Crippen LogP contribution >= 0.6 is 0 Å². The Kier molecular flexibility index (Phi) is 5.63. The molecule has 2 aromatic carbocycles. The van der Waals surface area contributed by atoms with Gasteiger partial charge < -0.3 is 4.98 Å². The largest absolute Gasteiger partial charge is 0.346 e. The number of nitrogens with zero attached hydrogens (tertiary/aromatic N) is 5. The van der Waals surface area contributed by atoms with Gasteiger partial charge in [-0.2, -0.15) is 5.10 Å². The summed E-state index contributed by atoms with van der Waals surface area (Å²) in [6.07, 6.45) is 9.16. The summed E-state index contributed by atoms with van der Waals surface area (Å²) in [4.78, 5) is 20.8. The predicted molar refractivity (Wildman–Crippen MR) is 140 cm³/mol. The molecular formula is C28H24N6O2. The van der Waals surface area contributed by atoms with E-state index in [0.717, 1.165) is 59.6 Å². The van der Waals surface area contributed by atoms with Gasteiger partial charge in [0.05, 0.1) is 16.3 Å². The van der Waals surface area contributed by atoms with Gasteiger partial charge in [-0.1, -0.05) is 24.3 Å². The van der Waals surface area contributed by atoms with Crippen LogP contribution in [0.3, 0.4) is 0 Å². The molecule has 0 radical (unpaired) electrons. The highest BCUT2D eigenvalue weighted by molar-refractivity contribution is 5.90. The minimum atomic E-state index is -0.380. The Balaban J connectivity index is 1.28. The maximum atomic E-state index is 11.1. The van der Waals surface area contributed by atoms with Gasteiger partial charge in [-0.05, 0) is 48.4 Å².